The molecule has 1 amide bonds. The van der Waals surface area contributed by atoms with Crippen LogP contribution in [-0.2, 0) is 11.3 Å². The number of nitrogens with zero attached hydrogens (tertiary/aromatic N) is 4. The van der Waals surface area contributed by atoms with Crippen LogP contribution in [0.5, 0.6) is 5.75 Å². The summed E-state index contributed by atoms with van der Waals surface area (Å²) in [7, 11) is 0. The fourth-order valence-corrected chi connectivity index (χ4v) is 4.36. The molecule has 0 saturated heterocycles. The summed E-state index contributed by atoms with van der Waals surface area (Å²) in [5.74, 6) is 0.850. The second-order valence-corrected chi connectivity index (χ2v) is 8.22. The van der Waals surface area contributed by atoms with Crippen molar-refractivity contribution in [2.45, 2.75) is 25.5 Å². The molecule has 2 aromatic carbocycles. The molecule has 4 aromatic rings. The molecule has 0 spiro atoms. The van der Waals surface area contributed by atoms with E-state index < -0.39 is 0 Å². The molecule has 0 atom stereocenters. The van der Waals surface area contributed by atoms with E-state index in [4.69, 9.17) is 4.74 Å². The normalized spacial score (nSPS) is 11.0. The van der Waals surface area contributed by atoms with E-state index in [2.05, 4.69) is 15.2 Å². The third-order valence-corrected chi connectivity index (χ3v) is 6.06. The van der Waals surface area contributed by atoms with Crippen LogP contribution in [0.15, 0.2) is 70.7 Å². The van der Waals surface area contributed by atoms with Gasteiger partial charge < -0.3 is 9.64 Å². The molecule has 0 unspecified atom stereocenters. The minimum Gasteiger partial charge on any atom is -0.494 e. The van der Waals surface area contributed by atoms with E-state index in [9.17, 15) is 9.59 Å². The van der Waals surface area contributed by atoms with Gasteiger partial charge in [-0.25, -0.2) is 4.98 Å². The second kappa shape index (κ2) is 10.4. The van der Waals surface area contributed by atoms with Gasteiger partial charge >= 0.3 is 0 Å². The minimum atomic E-state index is -0.246. The van der Waals surface area contributed by atoms with Gasteiger partial charge in [-0.1, -0.05) is 42.1 Å². The van der Waals surface area contributed by atoms with Gasteiger partial charge in [0.05, 0.1) is 24.2 Å². The predicted molar refractivity (Wildman–Crippen MR) is 129 cm³/mol. The third kappa shape index (κ3) is 5.09. The number of carbonyl (C=O) groups excluding carboxylic acids is 1. The molecular formula is C24H25N5O3S. The Bertz CT molecular complexity index is 1290. The van der Waals surface area contributed by atoms with E-state index >= 15 is 0 Å². The van der Waals surface area contributed by atoms with Crippen LogP contribution in [0.3, 0.4) is 0 Å². The van der Waals surface area contributed by atoms with Crippen molar-refractivity contribution in [3.05, 3.63) is 76.7 Å². The molecule has 0 aliphatic heterocycles. The van der Waals surface area contributed by atoms with Crippen molar-refractivity contribution >= 4 is 28.7 Å². The molecule has 1 N–H and O–H groups in total. The Hall–Kier alpha value is -3.59. The van der Waals surface area contributed by atoms with Crippen molar-refractivity contribution in [1.29, 1.82) is 0 Å². The number of hydrogen-bond acceptors (Lipinski definition) is 6. The van der Waals surface area contributed by atoms with E-state index in [1.54, 1.807) is 17.0 Å². The lowest BCUT2D eigenvalue weighted by atomic mass is 10.2. The first-order valence-electron chi connectivity index (χ1n) is 10.7. The van der Waals surface area contributed by atoms with Gasteiger partial charge in [0.1, 0.15) is 11.1 Å². The number of aromatic amines is 1. The second-order valence-electron chi connectivity index (χ2n) is 7.28. The van der Waals surface area contributed by atoms with Crippen LogP contribution in [0.2, 0.25) is 0 Å². The molecule has 2 aromatic heterocycles. The molecule has 0 aliphatic rings. The molecule has 9 heteroatoms. The van der Waals surface area contributed by atoms with Gasteiger partial charge in [0, 0.05) is 13.1 Å². The number of hydrogen-bond donors (Lipinski definition) is 1. The largest absolute Gasteiger partial charge is 0.494 e. The third-order valence-electron chi connectivity index (χ3n) is 5.13. The van der Waals surface area contributed by atoms with Crippen LogP contribution in [0.25, 0.3) is 16.7 Å². The van der Waals surface area contributed by atoms with Crippen molar-refractivity contribution < 1.29 is 9.53 Å². The van der Waals surface area contributed by atoms with E-state index in [1.807, 2.05) is 56.3 Å². The van der Waals surface area contributed by atoms with Crippen LogP contribution >= 0.6 is 11.8 Å². The first-order valence-corrected chi connectivity index (χ1v) is 11.7. The SMILES string of the molecule is CCOc1ccc(-n2c(SCC(=O)N(CC)Cc3ccccc3)nc3[nH]ncc3c2=O)cc1. The van der Waals surface area contributed by atoms with Crippen LogP contribution in [0.4, 0.5) is 0 Å². The molecule has 2 heterocycles. The Labute approximate surface area is 195 Å². The summed E-state index contributed by atoms with van der Waals surface area (Å²) in [5, 5.41) is 7.52. The van der Waals surface area contributed by atoms with Crippen LogP contribution in [0.1, 0.15) is 19.4 Å². The maximum absolute atomic E-state index is 13.2. The number of nitrogens with one attached hydrogen (secondary N) is 1. The van der Waals surface area contributed by atoms with Gasteiger partial charge in [-0.05, 0) is 43.7 Å². The maximum Gasteiger partial charge on any atom is 0.269 e. The van der Waals surface area contributed by atoms with E-state index in [1.165, 1.54) is 22.5 Å². The topological polar surface area (TPSA) is 93.1 Å². The number of benzene rings is 2. The highest BCUT2D eigenvalue weighted by Gasteiger charge is 2.18. The van der Waals surface area contributed by atoms with Crippen molar-refractivity contribution in [1.82, 2.24) is 24.6 Å². The molecular weight excluding hydrogens is 438 g/mol. The van der Waals surface area contributed by atoms with Gasteiger partial charge in [0.2, 0.25) is 5.91 Å². The van der Waals surface area contributed by atoms with E-state index in [0.29, 0.717) is 41.6 Å². The van der Waals surface area contributed by atoms with Gasteiger partial charge in [0.15, 0.2) is 10.8 Å². The summed E-state index contributed by atoms with van der Waals surface area (Å²) < 4.78 is 7.02. The van der Waals surface area contributed by atoms with Crippen LogP contribution in [-0.4, -0.2) is 49.5 Å². The highest BCUT2D eigenvalue weighted by Crippen LogP contribution is 2.23. The molecule has 0 aliphatic carbocycles. The van der Waals surface area contributed by atoms with Gasteiger partial charge in [-0.3, -0.25) is 19.3 Å². The smallest absolute Gasteiger partial charge is 0.269 e. The monoisotopic (exact) mass is 463 g/mol. The summed E-state index contributed by atoms with van der Waals surface area (Å²) in [6.07, 6.45) is 1.47. The molecule has 170 valence electrons. The number of fused-ring (bicyclic) bond motifs is 1. The maximum atomic E-state index is 13.2. The number of carbonyl (C=O) groups is 1. The van der Waals surface area contributed by atoms with Gasteiger partial charge in [-0.2, -0.15) is 5.10 Å². The summed E-state index contributed by atoms with van der Waals surface area (Å²) in [6.45, 7) is 5.55. The summed E-state index contributed by atoms with van der Waals surface area (Å²) in [6, 6.07) is 17.1. The van der Waals surface area contributed by atoms with Crippen molar-refractivity contribution in [2.75, 3.05) is 18.9 Å². The first-order chi connectivity index (χ1) is 16.1. The van der Waals surface area contributed by atoms with E-state index in [-0.39, 0.29) is 17.2 Å². The standard InChI is InChI=1S/C24H25N5O3S/c1-3-28(15-17-8-6-5-7-9-17)21(30)16-33-24-26-22-20(14-25-27-22)23(31)29(24)18-10-12-19(13-11-18)32-4-2/h5-14H,3-4,15-16H2,1-2H3,(H,25,27). The zero-order chi connectivity index (χ0) is 23.2. The summed E-state index contributed by atoms with van der Waals surface area (Å²) in [4.78, 5) is 32.6. The van der Waals surface area contributed by atoms with E-state index in [0.717, 1.165) is 11.3 Å². The zero-order valence-electron chi connectivity index (χ0n) is 18.5. The highest BCUT2D eigenvalue weighted by molar-refractivity contribution is 7.99. The Morgan fingerprint density at radius 2 is 1.88 bits per heavy atom. The molecule has 8 nitrogen and oxygen atoms in total. The Morgan fingerprint density at radius 1 is 1.12 bits per heavy atom. The molecule has 0 bridgehead atoms. The molecule has 33 heavy (non-hydrogen) atoms. The van der Waals surface area contributed by atoms with Gasteiger partial charge in [0.25, 0.3) is 5.56 Å². The van der Waals surface area contributed by atoms with Crippen LogP contribution in [0, 0.1) is 0 Å². The number of H-pyrrole nitrogens is 1. The lowest BCUT2D eigenvalue weighted by Crippen LogP contribution is -2.32. The Morgan fingerprint density at radius 3 is 2.58 bits per heavy atom. The van der Waals surface area contributed by atoms with Crippen molar-refractivity contribution in [3.8, 4) is 11.4 Å². The fourth-order valence-electron chi connectivity index (χ4n) is 3.45. The number of thioether (sulfide) groups is 1. The number of ether oxygens (including phenoxy) is 1. The number of aromatic nitrogens is 4. The van der Waals surface area contributed by atoms with Crippen LogP contribution < -0.4 is 10.3 Å². The average Bonchev–Trinajstić information content (AvgIpc) is 3.32. The molecule has 0 fully saturated rings. The molecule has 4 rings (SSSR count). The Balaban J connectivity index is 1.60. The van der Waals surface area contributed by atoms with Crippen molar-refractivity contribution in [2.24, 2.45) is 0 Å². The minimum absolute atomic E-state index is 0.0245. The quantitative estimate of drug-likeness (QED) is 0.301. The molecule has 0 radical (unpaired) electrons. The van der Waals surface area contributed by atoms with Crippen molar-refractivity contribution in [3.63, 3.8) is 0 Å². The molecule has 0 saturated carbocycles. The average molecular weight is 464 g/mol. The van der Waals surface area contributed by atoms with Gasteiger partial charge in [-0.15, -0.1) is 0 Å². The number of rotatable bonds is 9. The lowest BCUT2D eigenvalue weighted by Gasteiger charge is -2.21. The fraction of sp³-hybridized carbons (Fsp3) is 0.250. The predicted octanol–water partition coefficient (Wildman–Crippen LogP) is 3.65. The number of amides is 1. The zero-order valence-corrected chi connectivity index (χ0v) is 19.3. The Kier molecular flexibility index (Phi) is 7.09. The first kappa shape index (κ1) is 22.6. The summed E-state index contributed by atoms with van der Waals surface area (Å²) >= 11 is 1.23. The summed E-state index contributed by atoms with van der Waals surface area (Å²) in [5.41, 5.74) is 1.87. The lowest BCUT2D eigenvalue weighted by molar-refractivity contribution is -0.128. The highest BCUT2D eigenvalue weighted by atomic mass is 32.2.